The van der Waals surface area contributed by atoms with Crippen molar-refractivity contribution in [2.45, 2.75) is 12.5 Å². The number of rotatable bonds is 7. The molecule has 6 nitrogen and oxygen atoms in total. The van der Waals surface area contributed by atoms with E-state index in [4.69, 9.17) is 0 Å². The first kappa shape index (κ1) is 18.9. The largest absolute Gasteiger partial charge is 0.480 e. The van der Waals surface area contributed by atoms with Gasteiger partial charge in [-0.15, -0.1) is 0 Å². The third kappa shape index (κ3) is 6.18. The van der Waals surface area contributed by atoms with Gasteiger partial charge < -0.3 is 15.7 Å². The lowest BCUT2D eigenvalue weighted by atomic mass is 10.1. The van der Waals surface area contributed by atoms with Gasteiger partial charge in [0.15, 0.2) is 0 Å². The summed E-state index contributed by atoms with van der Waals surface area (Å²) in [5, 5.41) is 14.2. The summed E-state index contributed by atoms with van der Waals surface area (Å²) < 4.78 is 0.987. The fraction of sp³-hybridized carbons (Fsp3) is 0.167. The van der Waals surface area contributed by atoms with E-state index in [0.29, 0.717) is 5.56 Å². The first-order chi connectivity index (χ1) is 12.0. The Balaban J connectivity index is 1.89. The Bertz CT molecular complexity index is 765. The highest BCUT2D eigenvalue weighted by Gasteiger charge is 2.20. The Kier molecular flexibility index (Phi) is 6.93. The molecule has 0 radical (unpaired) electrons. The minimum Gasteiger partial charge on any atom is -0.480 e. The zero-order valence-corrected chi connectivity index (χ0v) is 15.4. The molecule has 0 spiro atoms. The molecule has 0 fully saturated rings. The molecule has 3 N–H and O–H groups in total. The second-order valence-electron chi connectivity index (χ2n) is 5.34. The van der Waals surface area contributed by atoms with Crippen LogP contribution < -0.4 is 10.6 Å². The number of carbonyl (C=O) groups excluding carboxylic acids is 2. The molecule has 25 heavy (non-hydrogen) atoms. The lowest BCUT2D eigenvalue weighted by molar-refractivity contribution is -0.141. The van der Waals surface area contributed by atoms with Crippen LogP contribution in [0.4, 0.5) is 0 Å². The minimum atomic E-state index is -1.12. The predicted molar refractivity (Wildman–Crippen MR) is 101 cm³/mol. The van der Waals surface area contributed by atoms with Crippen molar-refractivity contribution in [3.05, 3.63) is 69.3 Å². The van der Waals surface area contributed by atoms with E-state index in [-0.39, 0.29) is 18.9 Å². The maximum Gasteiger partial charge on any atom is 0.326 e. The van der Waals surface area contributed by atoms with Crippen LogP contribution in [0.2, 0.25) is 0 Å². The molecule has 2 rings (SSSR count). The molecule has 0 aliphatic rings. The summed E-state index contributed by atoms with van der Waals surface area (Å²) in [4.78, 5) is 35.2. The summed E-state index contributed by atoms with van der Waals surface area (Å²) in [7, 11) is 0. The van der Waals surface area contributed by atoms with Gasteiger partial charge in [0.1, 0.15) is 6.04 Å². The first-order valence-corrected chi connectivity index (χ1v) is 8.63. The average molecular weight is 452 g/mol. The van der Waals surface area contributed by atoms with E-state index in [1.54, 1.807) is 36.4 Å². The maximum absolute atomic E-state index is 12.0. The fourth-order valence-corrected chi connectivity index (χ4v) is 2.80. The number of carbonyl (C=O) groups is 3. The average Bonchev–Trinajstić information content (AvgIpc) is 2.60. The monoisotopic (exact) mass is 452 g/mol. The fourth-order valence-electron chi connectivity index (χ4n) is 2.20. The van der Waals surface area contributed by atoms with Gasteiger partial charge in [-0.3, -0.25) is 9.59 Å². The smallest absolute Gasteiger partial charge is 0.326 e. The summed E-state index contributed by atoms with van der Waals surface area (Å²) in [6.45, 7) is -0.288. The number of benzene rings is 2. The molecular weight excluding hydrogens is 435 g/mol. The molecule has 1 atom stereocenters. The van der Waals surface area contributed by atoms with E-state index in [2.05, 4.69) is 33.2 Å². The molecule has 0 heterocycles. The van der Waals surface area contributed by atoms with Crippen LogP contribution >= 0.6 is 22.6 Å². The van der Waals surface area contributed by atoms with Crippen LogP contribution in [0.3, 0.4) is 0 Å². The minimum absolute atomic E-state index is 0.171. The number of halogens is 1. The van der Waals surface area contributed by atoms with Crippen molar-refractivity contribution in [2.24, 2.45) is 0 Å². The zero-order chi connectivity index (χ0) is 18.2. The Morgan fingerprint density at radius 1 is 1.04 bits per heavy atom. The Labute approximate surface area is 158 Å². The lowest BCUT2D eigenvalue weighted by Gasteiger charge is -2.15. The lowest BCUT2D eigenvalue weighted by Crippen LogP contribution is -2.46. The van der Waals surface area contributed by atoms with Gasteiger partial charge in [0.05, 0.1) is 6.54 Å². The quantitative estimate of drug-likeness (QED) is 0.559. The standard InChI is InChI=1S/C18H17IN2O4/c19-14-8-4-5-12(9-14)10-15(18(24)25)21-16(22)11-20-17(23)13-6-2-1-3-7-13/h1-9,15H,10-11H2,(H,20,23)(H,21,22)(H,24,25)/t15-/m0/s1. The summed E-state index contributed by atoms with van der Waals surface area (Å²) in [5.41, 5.74) is 1.25. The summed E-state index contributed by atoms with van der Waals surface area (Å²) in [5.74, 6) is -2.07. The van der Waals surface area contributed by atoms with Crippen molar-refractivity contribution >= 4 is 40.4 Å². The van der Waals surface area contributed by atoms with Gasteiger partial charge in [-0.05, 0) is 52.4 Å². The molecule has 130 valence electrons. The van der Waals surface area contributed by atoms with Crippen molar-refractivity contribution in [1.82, 2.24) is 10.6 Å². The maximum atomic E-state index is 12.0. The van der Waals surface area contributed by atoms with Gasteiger partial charge in [-0.25, -0.2) is 4.79 Å². The van der Waals surface area contributed by atoms with E-state index in [1.807, 2.05) is 18.2 Å². The number of carboxylic acids is 1. The zero-order valence-electron chi connectivity index (χ0n) is 13.2. The van der Waals surface area contributed by atoms with Crippen molar-refractivity contribution in [3.63, 3.8) is 0 Å². The SMILES string of the molecule is O=C(CNC(=O)c1ccccc1)N[C@@H](Cc1cccc(I)c1)C(=O)O. The van der Waals surface area contributed by atoms with Gasteiger partial charge >= 0.3 is 5.97 Å². The van der Waals surface area contributed by atoms with Crippen molar-refractivity contribution in [3.8, 4) is 0 Å². The van der Waals surface area contributed by atoms with Crippen LogP contribution in [0.1, 0.15) is 15.9 Å². The number of hydrogen-bond acceptors (Lipinski definition) is 3. The second kappa shape index (κ2) is 9.16. The molecule has 0 aromatic heterocycles. The van der Waals surface area contributed by atoms with E-state index in [1.165, 1.54) is 0 Å². The van der Waals surface area contributed by atoms with Crippen molar-refractivity contribution < 1.29 is 19.5 Å². The van der Waals surface area contributed by atoms with Crippen LogP contribution in [0.5, 0.6) is 0 Å². The second-order valence-corrected chi connectivity index (χ2v) is 6.59. The number of carboxylic acid groups (broad SMARTS) is 1. The van der Waals surface area contributed by atoms with Crippen LogP contribution in [-0.2, 0) is 16.0 Å². The van der Waals surface area contributed by atoms with E-state index >= 15 is 0 Å². The molecule has 0 aliphatic heterocycles. The number of nitrogens with one attached hydrogen (secondary N) is 2. The first-order valence-electron chi connectivity index (χ1n) is 7.55. The summed E-state index contributed by atoms with van der Waals surface area (Å²) >= 11 is 2.14. The van der Waals surface area contributed by atoms with Gasteiger partial charge in [0.2, 0.25) is 5.91 Å². The molecule has 2 aromatic carbocycles. The molecule has 0 aliphatic carbocycles. The van der Waals surface area contributed by atoms with Crippen LogP contribution in [0.15, 0.2) is 54.6 Å². The molecule has 0 unspecified atom stereocenters. The van der Waals surface area contributed by atoms with E-state index in [0.717, 1.165) is 9.13 Å². The molecule has 0 saturated heterocycles. The van der Waals surface area contributed by atoms with Gasteiger partial charge in [-0.1, -0.05) is 30.3 Å². The molecule has 0 bridgehead atoms. The number of aliphatic carboxylic acids is 1. The normalized spacial score (nSPS) is 11.4. The molecule has 7 heteroatoms. The molecule has 2 amide bonds. The van der Waals surface area contributed by atoms with Crippen LogP contribution in [0.25, 0.3) is 0 Å². The molecule has 0 saturated carbocycles. The highest BCUT2D eigenvalue weighted by molar-refractivity contribution is 14.1. The van der Waals surface area contributed by atoms with E-state index < -0.39 is 17.9 Å². The van der Waals surface area contributed by atoms with Crippen molar-refractivity contribution in [1.29, 1.82) is 0 Å². The summed E-state index contributed by atoms with van der Waals surface area (Å²) in [6.07, 6.45) is 0.171. The topological polar surface area (TPSA) is 95.5 Å². The number of amides is 2. The van der Waals surface area contributed by atoms with Gasteiger partial charge in [0.25, 0.3) is 5.91 Å². The Morgan fingerprint density at radius 2 is 1.76 bits per heavy atom. The predicted octanol–water partition coefficient (Wildman–Crippen LogP) is 1.83. The van der Waals surface area contributed by atoms with Gasteiger partial charge in [0, 0.05) is 15.6 Å². The molecule has 2 aromatic rings. The van der Waals surface area contributed by atoms with Crippen LogP contribution in [-0.4, -0.2) is 35.5 Å². The third-order valence-electron chi connectivity index (χ3n) is 3.41. The van der Waals surface area contributed by atoms with E-state index in [9.17, 15) is 19.5 Å². The summed E-state index contributed by atoms with van der Waals surface area (Å²) in [6, 6.07) is 14.8. The number of hydrogen-bond donors (Lipinski definition) is 3. The Morgan fingerprint density at radius 3 is 2.40 bits per heavy atom. The van der Waals surface area contributed by atoms with Crippen LogP contribution in [0, 0.1) is 3.57 Å². The Hall–Kier alpha value is -2.42. The highest BCUT2D eigenvalue weighted by Crippen LogP contribution is 2.10. The molecular formula is C18H17IN2O4. The van der Waals surface area contributed by atoms with Crippen molar-refractivity contribution in [2.75, 3.05) is 6.54 Å². The third-order valence-corrected chi connectivity index (χ3v) is 4.08. The highest BCUT2D eigenvalue weighted by atomic mass is 127. The van der Waals surface area contributed by atoms with Gasteiger partial charge in [-0.2, -0.15) is 0 Å².